The fourth-order valence-electron chi connectivity index (χ4n) is 16.2. The second-order valence-electron chi connectivity index (χ2n) is 33.1. The van der Waals surface area contributed by atoms with Crippen LogP contribution in [0.15, 0.2) is 204 Å². The first-order chi connectivity index (χ1) is 69.0. The number of carbonyl (C=O) groups excluding carboxylic acids is 5. The van der Waals surface area contributed by atoms with Gasteiger partial charge >= 0.3 is 29.8 Å². The van der Waals surface area contributed by atoms with Crippen molar-refractivity contribution >= 4 is 193 Å². The topological polar surface area (TPSA) is 322 Å². The summed E-state index contributed by atoms with van der Waals surface area (Å²) in [6.07, 6.45) is 17.1. The molecule has 0 bridgehead atoms. The largest absolute Gasteiger partial charge is 0.485 e. The maximum absolute atomic E-state index is 12.4. The highest BCUT2D eigenvalue weighted by molar-refractivity contribution is 9.11. The van der Waals surface area contributed by atoms with Crippen molar-refractivity contribution in [3.8, 4) is 100 Å². The number of fused-ring (bicyclic) bond motifs is 5. The fraction of sp³-hybridized carbons (Fsp3) is 0.350. The van der Waals surface area contributed by atoms with E-state index in [1.54, 1.807) is 71.8 Å². The number of ether oxygens (including phenoxy) is 9. The molecule has 142 heavy (non-hydrogen) atoms. The second kappa shape index (κ2) is 49.3. The number of thioether (sulfide) groups is 5. The Morgan fingerprint density at radius 2 is 0.690 bits per heavy atom. The normalized spacial score (nSPS) is 13.6. The van der Waals surface area contributed by atoms with Crippen molar-refractivity contribution in [1.82, 2.24) is 73.8 Å². The minimum absolute atomic E-state index is 0.148. The third kappa shape index (κ3) is 24.4. The molecule has 0 amide bonds. The molecule has 1 atom stereocenters. The zero-order chi connectivity index (χ0) is 99.6. The summed E-state index contributed by atoms with van der Waals surface area (Å²) in [4.78, 5) is 66.0. The van der Waals surface area contributed by atoms with Gasteiger partial charge in [-0.15, -0.1) is 108 Å². The van der Waals surface area contributed by atoms with Gasteiger partial charge in [-0.2, -0.15) is 0 Å². The Bertz CT molecular complexity index is 6880. The van der Waals surface area contributed by atoms with Gasteiger partial charge in [-0.1, -0.05) is 210 Å². The average Bonchev–Trinajstić information content (AvgIpc) is 1.62. The lowest BCUT2D eigenvalue weighted by atomic mass is 9.91. The fourth-order valence-corrected chi connectivity index (χ4v) is 29.2. The number of methoxy groups -OCH3 is 1. The van der Waals surface area contributed by atoms with E-state index in [9.17, 15) is 24.0 Å². The maximum atomic E-state index is 12.4. The molecule has 20 rings (SSSR count). The van der Waals surface area contributed by atoms with Crippen molar-refractivity contribution < 1.29 is 66.6 Å². The molecule has 0 N–H and O–H groups in total. The molecule has 0 spiro atoms. The van der Waals surface area contributed by atoms with Crippen LogP contribution in [-0.2, 0) is 86.2 Å². The van der Waals surface area contributed by atoms with E-state index in [-0.39, 0.29) is 46.6 Å². The van der Waals surface area contributed by atoms with Gasteiger partial charge in [0.05, 0.1) is 54.8 Å². The summed E-state index contributed by atoms with van der Waals surface area (Å²) in [5, 5.41) is 50.1. The Morgan fingerprint density at radius 3 is 1.11 bits per heavy atom. The summed E-state index contributed by atoms with van der Waals surface area (Å²) >= 11 is 25.7. The van der Waals surface area contributed by atoms with Crippen LogP contribution in [-0.4, -0.2) is 190 Å². The lowest BCUT2D eigenvalue weighted by molar-refractivity contribution is -0.145. The highest BCUT2D eigenvalue weighted by atomic mass is 79.9. The lowest BCUT2D eigenvalue weighted by Gasteiger charge is -2.21. The Labute approximate surface area is 888 Å². The molecule has 5 aliphatic rings. The van der Waals surface area contributed by atoms with E-state index in [0.29, 0.717) is 99.2 Å². The summed E-state index contributed by atoms with van der Waals surface area (Å²) in [7, 11) is 1.40. The zero-order valence-electron chi connectivity index (χ0n) is 79.4. The highest BCUT2D eigenvalue weighted by Gasteiger charge is 2.39. The van der Waals surface area contributed by atoms with E-state index in [4.69, 9.17) is 42.6 Å². The smallest absolute Gasteiger partial charge is 0.322 e. The van der Waals surface area contributed by atoms with E-state index < -0.39 is 9.49 Å². The van der Waals surface area contributed by atoms with Crippen molar-refractivity contribution in [2.75, 3.05) is 71.5 Å². The van der Waals surface area contributed by atoms with Crippen LogP contribution in [0.1, 0.15) is 134 Å². The minimum Gasteiger partial charge on any atom is -0.485 e. The maximum Gasteiger partial charge on any atom is 0.322 e. The molecule has 15 aromatic rings. The van der Waals surface area contributed by atoms with Crippen molar-refractivity contribution in [1.29, 1.82) is 0 Å². The summed E-state index contributed by atoms with van der Waals surface area (Å²) in [5.41, 5.74) is 14.3. The first-order valence-electron chi connectivity index (χ1n) is 46.2. The van der Waals surface area contributed by atoms with Crippen LogP contribution in [0, 0.1) is 0 Å². The second-order valence-corrected chi connectivity index (χ2v) is 46.6. The number of esters is 5. The predicted molar refractivity (Wildman–Crippen MR) is 574 cm³/mol. The number of carbonyl (C=O) groups is 5. The Hall–Kier alpha value is -9.96. The molecule has 10 aromatic heterocycles. The molecule has 0 saturated heterocycles. The third-order valence-corrected chi connectivity index (χ3v) is 35.7. The van der Waals surface area contributed by atoms with Crippen molar-refractivity contribution in [2.24, 2.45) is 0 Å². The molecule has 3 aliphatic carbocycles. The molecule has 1 unspecified atom stereocenters. The van der Waals surface area contributed by atoms with Gasteiger partial charge in [-0.3, -0.25) is 46.8 Å². The molecular formula is C100H102Br3N15O14S10. The summed E-state index contributed by atoms with van der Waals surface area (Å²) in [5.74, 6) is 1.79. The van der Waals surface area contributed by atoms with Crippen molar-refractivity contribution in [3.63, 3.8) is 0 Å². The van der Waals surface area contributed by atoms with Gasteiger partial charge in [-0.25, -0.2) is 0 Å². The molecule has 0 radical (unpaired) electrons. The third-order valence-electron chi connectivity index (χ3n) is 22.7. The van der Waals surface area contributed by atoms with Gasteiger partial charge in [-0.05, 0) is 248 Å². The molecular weight excluding hydrogens is 2200 g/mol. The van der Waals surface area contributed by atoms with Gasteiger partial charge in [0, 0.05) is 14.6 Å². The van der Waals surface area contributed by atoms with Crippen LogP contribution < -0.4 is 18.9 Å². The number of benzene rings is 5. The van der Waals surface area contributed by atoms with Gasteiger partial charge in [0.15, 0.2) is 58.8 Å². The summed E-state index contributed by atoms with van der Waals surface area (Å²) in [6, 6.07) is 51.7. The van der Waals surface area contributed by atoms with Crippen LogP contribution in [0.4, 0.5) is 0 Å². The number of rotatable bonds is 29. The van der Waals surface area contributed by atoms with Gasteiger partial charge < -0.3 is 42.6 Å². The average molecular weight is 2300 g/mol. The number of hydrogen-bond acceptors (Lipinski definition) is 34. The quantitative estimate of drug-likeness (QED) is 0.0239. The van der Waals surface area contributed by atoms with Gasteiger partial charge in [0.1, 0.15) is 68.8 Å². The van der Waals surface area contributed by atoms with Crippen LogP contribution in [0.2, 0.25) is 0 Å². The monoisotopic (exact) mass is 2290 g/mol. The minimum atomic E-state index is -0.764. The number of nitrogens with zero attached hydrogens (tertiary/aromatic N) is 15. The summed E-state index contributed by atoms with van der Waals surface area (Å²) in [6.45, 7) is 19.9. The standard InChI is InChI=1S/C22H24BrN3O2S2.C22H25N3O2S2.C20H20BrN3O2S2.C18H16BrN3O4S2.C18H17N3O4S2/c1-4-28-19(27)22(2,3)30-21-25-24-20(23)26(21)18-16-13-9-8-12-15(16)17(29-18)14-10-6-5-7-11-14;1-4-27-20(26)22(2,3)29-21-24-23-14-25(21)19-17-13-9-8-12-16(17)18(28-19)15-10-6-5-7-11-15;1-12(18(25)26-2)27-20-23-22-19(21)24(20)17-15-11-7-6-10-14(15)16(28-17)13-8-4-3-5-9-13;1-2-24-12(23)10-27-18-21-20-17(19)22(18)16-14-13(25-8-9-26-14)15(28-16)11-6-4-3-5-7-11;1-2-23-13(22)10-26-18-20-19-11-21(18)17-15-14(24-8-9-25-15)16(27-17)12-6-4-3-5-7-12/h5-7,10-11H,4,8-9,12-13H2,1-3H3;5-7,10-11,14H,4,8-9,12-13H2,1-3H3;3-5,8-9,12H,6-7,10-11H2,1-2H3;3-7H,2,8-10H2,1H3;3-7,11H,2,8-10H2,1H3. The summed E-state index contributed by atoms with van der Waals surface area (Å²) < 4.78 is 59.1. The Balaban J connectivity index is 0.000000128. The van der Waals surface area contributed by atoms with Crippen LogP contribution in [0.5, 0.6) is 23.0 Å². The van der Waals surface area contributed by atoms with Gasteiger partial charge in [0.2, 0.25) is 14.2 Å². The van der Waals surface area contributed by atoms with E-state index >= 15 is 0 Å². The molecule has 29 nitrogen and oxygen atoms in total. The Morgan fingerprint density at radius 1 is 0.373 bits per heavy atom. The van der Waals surface area contributed by atoms with E-state index in [1.165, 1.54) is 185 Å². The SMILES string of the molecule is CCOC(=O)C(C)(C)Sc1nnc(Br)n1-c1sc(-c2ccccc2)c2c1CCCC2.CCOC(=O)C(C)(C)Sc1nncn1-c1sc(-c2ccccc2)c2c1CCCC2.CCOC(=O)CSc1nnc(Br)n1-c1sc(-c2ccccc2)c2c1OCCO2.CCOC(=O)CSc1nncn1-c1sc(-c2ccccc2)c2c1OCCO2.COC(=O)C(C)Sc1nnc(Br)n1-c1sc(-c2ccccc2)c2c1CCCC2. The van der Waals surface area contributed by atoms with Crippen LogP contribution >= 0.6 is 163 Å². The number of aromatic nitrogens is 15. The molecule has 0 fully saturated rings. The first-order valence-corrected chi connectivity index (χ1v) is 57.2. The van der Waals surface area contributed by atoms with E-state index in [2.05, 4.69) is 178 Å². The van der Waals surface area contributed by atoms with Crippen LogP contribution in [0.25, 0.3) is 77.2 Å². The highest BCUT2D eigenvalue weighted by Crippen LogP contribution is 2.56. The van der Waals surface area contributed by atoms with Gasteiger partial charge in [0.25, 0.3) is 0 Å². The molecule has 742 valence electrons. The Kier molecular flexibility index (Phi) is 36.4. The van der Waals surface area contributed by atoms with Crippen molar-refractivity contribution in [2.45, 2.75) is 180 Å². The predicted octanol–water partition coefficient (Wildman–Crippen LogP) is 24.3. The van der Waals surface area contributed by atoms with E-state index in [1.807, 2.05) is 144 Å². The van der Waals surface area contributed by atoms with E-state index in [0.717, 1.165) is 96.1 Å². The number of hydrogen-bond donors (Lipinski definition) is 0. The number of halogens is 3. The number of thiophene rings is 5. The molecule has 0 saturated carbocycles. The van der Waals surface area contributed by atoms with Crippen molar-refractivity contribution in [3.05, 3.63) is 212 Å². The lowest BCUT2D eigenvalue weighted by Crippen LogP contribution is -2.30. The zero-order valence-corrected chi connectivity index (χ0v) is 92.3. The molecule has 42 heteroatoms. The molecule has 5 aromatic carbocycles. The molecule has 2 aliphatic heterocycles. The molecule has 12 heterocycles. The first kappa shape index (κ1) is 105. The van der Waals surface area contributed by atoms with Crippen LogP contribution in [0.3, 0.4) is 0 Å².